The lowest BCUT2D eigenvalue weighted by atomic mass is 10.1. The van der Waals surface area contributed by atoms with Gasteiger partial charge in [0.2, 0.25) is 5.78 Å². The molecule has 172 valence electrons. The molecule has 1 unspecified atom stereocenters. The SMILES string of the molecule is CC(C)Cn1c(N)c(C(=O)COC(=O)C2CCCN2C(=O)c2ccco2)c(=O)n(C)c1=O. The number of nitrogens with two attached hydrogens (primary N) is 1. The van der Waals surface area contributed by atoms with Crippen LogP contribution in [-0.4, -0.2) is 50.9 Å². The number of amides is 1. The number of furan rings is 1. The van der Waals surface area contributed by atoms with Crippen molar-refractivity contribution in [3.05, 3.63) is 50.6 Å². The third kappa shape index (κ3) is 4.36. The number of hydrogen-bond donors (Lipinski definition) is 1. The van der Waals surface area contributed by atoms with Gasteiger partial charge < -0.3 is 19.8 Å². The first-order chi connectivity index (χ1) is 15.1. The largest absolute Gasteiger partial charge is 0.459 e. The molecule has 2 aromatic rings. The van der Waals surface area contributed by atoms with Crippen molar-refractivity contribution in [3.8, 4) is 0 Å². The molecule has 11 nitrogen and oxygen atoms in total. The molecule has 0 aromatic carbocycles. The maximum Gasteiger partial charge on any atom is 0.332 e. The Morgan fingerprint density at radius 2 is 2.00 bits per heavy atom. The standard InChI is InChI=1S/C21H26N4O7/c1-12(2)10-25-17(22)16(19(28)23(3)21(25)30)14(26)11-32-20(29)13-6-4-8-24(13)18(27)15-7-5-9-31-15/h5,7,9,12-13H,4,6,8,10-11,22H2,1-3H3. The van der Waals surface area contributed by atoms with Gasteiger partial charge in [-0.2, -0.15) is 0 Å². The molecule has 1 aliphatic rings. The molecule has 11 heteroatoms. The fraction of sp³-hybridized carbons (Fsp3) is 0.476. The van der Waals surface area contributed by atoms with Gasteiger partial charge in [-0.05, 0) is 30.9 Å². The second-order valence-corrected chi connectivity index (χ2v) is 8.08. The summed E-state index contributed by atoms with van der Waals surface area (Å²) in [4.78, 5) is 64.1. The van der Waals surface area contributed by atoms with Crippen LogP contribution in [0.5, 0.6) is 0 Å². The molecule has 0 radical (unpaired) electrons. The number of carbonyl (C=O) groups is 3. The van der Waals surface area contributed by atoms with Crippen LogP contribution in [0.1, 0.15) is 47.6 Å². The van der Waals surface area contributed by atoms with E-state index >= 15 is 0 Å². The predicted molar refractivity (Wildman–Crippen MR) is 113 cm³/mol. The molecular weight excluding hydrogens is 420 g/mol. The number of nitrogens with zero attached hydrogens (tertiary/aromatic N) is 3. The van der Waals surface area contributed by atoms with Gasteiger partial charge >= 0.3 is 11.7 Å². The summed E-state index contributed by atoms with van der Waals surface area (Å²) in [7, 11) is 1.25. The smallest absolute Gasteiger partial charge is 0.332 e. The van der Waals surface area contributed by atoms with Gasteiger partial charge in [-0.15, -0.1) is 0 Å². The average molecular weight is 446 g/mol. The van der Waals surface area contributed by atoms with Gasteiger partial charge in [-0.25, -0.2) is 9.59 Å². The summed E-state index contributed by atoms with van der Waals surface area (Å²) in [6, 6.07) is 2.20. The first-order valence-corrected chi connectivity index (χ1v) is 10.3. The van der Waals surface area contributed by atoms with Crippen LogP contribution in [-0.2, 0) is 23.1 Å². The van der Waals surface area contributed by atoms with Gasteiger partial charge in [0, 0.05) is 20.1 Å². The van der Waals surface area contributed by atoms with E-state index in [2.05, 4.69) is 0 Å². The summed E-state index contributed by atoms with van der Waals surface area (Å²) in [5.41, 5.74) is 4.08. The Kier molecular flexibility index (Phi) is 6.66. The summed E-state index contributed by atoms with van der Waals surface area (Å²) in [6.07, 6.45) is 2.33. The van der Waals surface area contributed by atoms with Crippen LogP contribution in [0.2, 0.25) is 0 Å². The van der Waals surface area contributed by atoms with Crippen LogP contribution in [0.15, 0.2) is 32.4 Å². The minimum absolute atomic E-state index is 0.0355. The molecule has 1 amide bonds. The van der Waals surface area contributed by atoms with Crippen molar-refractivity contribution in [1.82, 2.24) is 14.0 Å². The van der Waals surface area contributed by atoms with Gasteiger partial charge in [0.25, 0.3) is 11.5 Å². The Balaban J connectivity index is 1.76. The fourth-order valence-corrected chi connectivity index (χ4v) is 3.69. The molecule has 3 heterocycles. The lowest BCUT2D eigenvalue weighted by Crippen LogP contribution is -2.44. The van der Waals surface area contributed by atoms with Gasteiger partial charge in [0.05, 0.1) is 6.26 Å². The van der Waals surface area contributed by atoms with E-state index in [9.17, 15) is 24.0 Å². The highest BCUT2D eigenvalue weighted by molar-refractivity contribution is 6.01. The number of Topliss-reactive ketones (excluding diaryl/α,β-unsaturated/α-hetero) is 1. The molecule has 1 aliphatic heterocycles. The monoisotopic (exact) mass is 446 g/mol. The number of ether oxygens (including phenoxy) is 1. The highest BCUT2D eigenvalue weighted by Crippen LogP contribution is 2.21. The first kappa shape index (κ1) is 23.0. The van der Waals surface area contributed by atoms with Crippen LogP contribution in [0, 0.1) is 5.92 Å². The van der Waals surface area contributed by atoms with E-state index in [1.165, 1.54) is 24.3 Å². The molecule has 0 saturated carbocycles. The van der Waals surface area contributed by atoms with Gasteiger partial charge in [-0.3, -0.25) is 23.5 Å². The Bertz CT molecular complexity index is 1140. The third-order valence-corrected chi connectivity index (χ3v) is 5.27. The number of aromatic nitrogens is 2. The van der Waals surface area contributed by atoms with Crippen LogP contribution < -0.4 is 17.0 Å². The molecule has 2 N–H and O–H groups in total. The van der Waals surface area contributed by atoms with Crippen molar-refractivity contribution < 1.29 is 23.5 Å². The maximum atomic E-state index is 12.7. The normalized spacial score (nSPS) is 15.9. The Labute approximate surface area is 183 Å². The maximum absolute atomic E-state index is 12.7. The second kappa shape index (κ2) is 9.25. The van der Waals surface area contributed by atoms with Crippen molar-refractivity contribution in [2.45, 2.75) is 39.3 Å². The average Bonchev–Trinajstić information content (AvgIpc) is 3.45. The number of hydrogen-bond acceptors (Lipinski definition) is 8. The molecule has 1 atom stereocenters. The highest BCUT2D eigenvalue weighted by Gasteiger charge is 2.37. The highest BCUT2D eigenvalue weighted by atomic mass is 16.5. The zero-order chi connectivity index (χ0) is 23.6. The lowest BCUT2D eigenvalue weighted by molar-refractivity contribution is -0.147. The van der Waals surface area contributed by atoms with Crippen LogP contribution in [0.4, 0.5) is 5.82 Å². The van der Waals surface area contributed by atoms with Gasteiger partial charge in [0.1, 0.15) is 17.4 Å². The summed E-state index contributed by atoms with van der Waals surface area (Å²) < 4.78 is 12.2. The Morgan fingerprint density at radius 3 is 2.62 bits per heavy atom. The number of esters is 1. The van der Waals surface area contributed by atoms with Crippen LogP contribution in [0.25, 0.3) is 0 Å². The number of nitrogen functional groups attached to an aromatic ring is 1. The second-order valence-electron chi connectivity index (χ2n) is 8.08. The van der Waals surface area contributed by atoms with Crippen molar-refractivity contribution in [3.63, 3.8) is 0 Å². The van der Waals surface area contributed by atoms with Crippen molar-refractivity contribution in [2.24, 2.45) is 13.0 Å². The molecule has 1 fully saturated rings. The van der Waals surface area contributed by atoms with Gasteiger partial charge in [0.15, 0.2) is 12.4 Å². The van der Waals surface area contributed by atoms with Crippen LogP contribution in [0.3, 0.4) is 0 Å². The van der Waals surface area contributed by atoms with E-state index < -0.39 is 47.1 Å². The molecule has 2 aromatic heterocycles. The van der Waals surface area contributed by atoms with E-state index in [4.69, 9.17) is 14.9 Å². The number of anilines is 1. The van der Waals surface area contributed by atoms with Gasteiger partial charge in [-0.1, -0.05) is 13.8 Å². The fourth-order valence-electron chi connectivity index (χ4n) is 3.69. The minimum Gasteiger partial charge on any atom is -0.459 e. The Hall–Kier alpha value is -3.63. The zero-order valence-electron chi connectivity index (χ0n) is 18.2. The number of carbonyl (C=O) groups excluding carboxylic acids is 3. The van der Waals surface area contributed by atoms with Crippen molar-refractivity contribution >= 4 is 23.5 Å². The number of ketones is 1. The molecule has 32 heavy (non-hydrogen) atoms. The molecule has 1 saturated heterocycles. The molecule has 0 aliphatic carbocycles. The minimum atomic E-state index is -0.865. The molecule has 0 bridgehead atoms. The molecular formula is C21H26N4O7. The topological polar surface area (TPSA) is 147 Å². The number of rotatable bonds is 7. The van der Waals surface area contributed by atoms with E-state index in [-0.39, 0.29) is 24.0 Å². The van der Waals surface area contributed by atoms with Crippen molar-refractivity contribution in [2.75, 3.05) is 18.9 Å². The Morgan fingerprint density at radius 1 is 1.28 bits per heavy atom. The quantitative estimate of drug-likeness (QED) is 0.475. The molecule has 3 rings (SSSR count). The summed E-state index contributed by atoms with van der Waals surface area (Å²) >= 11 is 0. The van der Waals surface area contributed by atoms with E-state index in [0.29, 0.717) is 19.4 Å². The van der Waals surface area contributed by atoms with E-state index in [1.807, 2.05) is 13.8 Å². The lowest BCUT2D eigenvalue weighted by Gasteiger charge is -2.22. The third-order valence-electron chi connectivity index (χ3n) is 5.27. The summed E-state index contributed by atoms with van der Waals surface area (Å²) in [6.45, 7) is 3.54. The number of likely N-dealkylation sites (tertiary alicyclic amines) is 1. The predicted octanol–water partition coefficient (Wildman–Crippen LogP) is 0.409. The van der Waals surface area contributed by atoms with E-state index in [1.54, 1.807) is 6.07 Å². The summed E-state index contributed by atoms with van der Waals surface area (Å²) in [5, 5.41) is 0. The van der Waals surface area contributed by atoms with Crippen LogP contribution >= 0.6 is 0 Å². The zero-order valence-corrected chi connectivity index (χ0v) is 18.2. The molecule has 0 spiro atoms. The van der Waals surface area contributed by atoms with E-state index in [0.717, 1.165) is 9.13 Å². The first-order valence-electron chi connectivity index (χ1n) is 10.3. The van der Waals surface area contributed by atoms with Crippen molar-refractivity contribution in [1.29, 1.82) is 0 Å². The summed E-state index contributed by atoms with van der Waals surface area (Å²) in [5.74, 6) is -2.15.